The summed E-state index contributed by atoms with van der Waals surface area (Å²) in [5.41, 5.74) is 0.724. The number of hydrogen-bond donors (Lipinski definition) is 0. The molecule has 0 saturated carbocycles. The number of carbonyl (C=O) groups excluding carboxylic acids is 1. The summed E-state index contributed by atoms with van der Waals surface area (Å²) in [5.74, 6) is -0.482. The van der Waals surface area contributed by atoms with Gasteiger partial charge in [0.15, 0.2) is 0 Å². The van der Waals surface area contributed by atoms with Crippen molar-refractivity contribution in [1.29, 1.82) is 0 Å². The van der Waals surface area contributed by atoms with Crippen LogP contribution >= 0.6 is 23.2 Å². The average Bonchev–Trinajstić information content (AvgIpc) is 2.18. The topological polar surface area (TPSA) is 26.3 Å². The zero-order valence-corrected chi connectivity index (χ0v) is 8.97. The lowest BCUT2D eigenvalue weighted by Gasteiger charge is -1.98. The van der Waals surface area contributed by atoms with Gasteiger partial charge in [0, 0.05) is 11.1 Å². The molecule has 0 heterocycles. The van der Waals surface area contributed by atoms with Crippen LogP contribution in [0.25, 0.3) is 5.03 Å². The van der Waals surface area contributed by atoms with Crippen LogP contribution in [0.5, 0.6) is 0 Å². The molecule has 1 aromatic carbocycles. The Balaban J connectivity index is 2.89. The van der Waals surface area contributed by atoms with Crippen molar-refractivity contribution >= 4 is 34.2 Å². The highest BCUT2D eigenvalue weighted by Gasteiger charge is 2.01. The molecule has 0 N–H and O–H groups in total. The fraction of sp³-hybridized carbons (Fsp3) is 0.100. The molecule has 0 fully saturated rings. The molecule has 0 bridgehead atoms. The number of benzene rings is 1. The number of halogens is 2. The molecule has 0 aromatic heterocycles. The molecule has 74 valence electrons. The van der Waals surface area contributed by atoms with E-state index in [2.05, 4.69) is 4.74 Å². The first kappa shape index (κ1) is 11.1. The van der Waals surface area contributed by atoms with Crippen LogP contribution in [0, 0.1) is 0 Å². The molecule has 0 spiro atoms. The predicted molar refractivity (Wildman–Crippen MR) is 57.3 cm³/mol. The smallest absolute Gasteiger partial charge is 0.331 e. The van der Waals surface area contributed by atoms with Crippen molar-refractivity contribution in [3.8, 4) is 0 Å². The third kappa shape index (κ3) is 3.05. The molecule has 14 heavy (non-hydrogen) atoms. The normalized spacial score (nSPS) is 11.2. The third-order valence-corrected chi connectivity index (χ3v) is 2.15. The molecule has 0 radical (unpaired) electrons. The molecular weight excluding hydrogens is 223 g/mol. The molecule has 4 heteroatoms. The van der Waals surface area contributed by atoms with Gasteiger partial charge in [-0.3, -0.25) is 0 Å². The second kappa shape index (κ2) is 5.03. The van der Waals surface area contributed by atoms with Crippen LogP contribution in [0.2, 0.25) is 5.02 Å². The molecule has 0 amide bonds. The van der Waals surface area contributed by atoms with E-state index < -0.39 is 5.97 Å². The zero-order chi connectivity index (χ0) is 10.6. The average molecular weight is 231 g/mol. The molecular formula is C10H8Cl2O2. The van der Waals surface area contributed by atoms with Gasteiger partial charge in [-0.1, -0.05) is 35.3 Å². The van der Waals surface area contributed by atoms with E-state index in [-0.39, 0.29) is 0 Å². The highest BCUT2D eigenvalue weighted by Crippen LogP contribution is 2.20. The summed E-state index contributed by atoms with van der Waals surface area (Å²) in [7, 11) is 1.30. The van der Waals surface area contributed by atoms with E-state index in [0.29, 0.717) is 10.1 Å². The van der Waals surface area contributed by atoms with Crippen LogP contribution in [0.4, 0.5) is 0 Å². The summed E-state index contributed by atoms with van der Waals surface area (Å²) in [4.78, 5) is 10.9. The Morgan fingerprint density at radius 3 is 2.43 bits per heavy atom. The highest BCUT2D eigenvalue weighted by molar-refractivity contribution is 6.50. The Labute approximate surface area is 92.1 Å². The van der Waals surface area contributed by atoms with E-state index in [1.165, 1.54) is 13.2 Å². The first-order chi connectivity index (χ1) is 6.63. The standard InChI is InChI=1S/C10H8Cl2O2/c1-14-10(13)6-9(12)7-2-4-8(11)5-3-7/h2-6H,1H3/b9-6-. The van der Waals surface area contributed by atoms with Crippen LogP contribution in [-0.2, 0) is 9.53 Å². The lowest BCUT2D eigenvalue weighted by molar-refractivity contribution is -0.134. The van der Waals surface area contributed by atoms with Gasteiger partial charge in [-0.05, 0) is 17.7 Å². The van der Waals surface area contributed by atoms with E-state index in [1.807, 2.05) is 0 Å². The SMILES string of the molecule is COC(=O)/C=C(\Cl)c1ccc(Cl)cc1. The van der Waals surface area contributed by atoms with Crippen molar-refractivity contribution in [1.82, 2.24) is 0 Å². The molecule has 1 aromatic rings. The first-order valence-electron chi connectivity index (χ1n) is 3.84. The minimum atomic E-state index is -0.482. The maximum Gasteiger partial charge on any atom is 0.331 e. The van der Waals surface area contributed by atoms with Crippen LogP contribution < -0.4 is 0 Å². The molecule has 0 unspecified atom stereocenters. The quantitative estimate of drug-likeness (QED) is 0.577. The molecule has 2 nitrogen and oxygen atoms in total. The molecule has 0 atom stereocenters. The minimum Gasteiger partial charge on any atom is -0.466 e. The van der Waals surface area contributed by atoms with Gasteiger partial charge in [0.25, 0.3) is 0 Å². The van der Waals surface area contributed by atoms with E-state index in [4.69, 9.17) is 23.2 Å². The fourth-order valence-electron chi connectivity index (χ4n) is 0.855. The summed E-state index contributed by atoms with van der Waals surface area (Å²) in [6.45, 7) is 0. The largest absolute Gasteiger partial charge is 0.466 e. The summed E-state index contributed by atoms with van der Waals surface area (Å²) in [5, 5.41) is 0.949. The lowest BCUT2D eigenvalue weighted by Crippen LogP contribution is -1.94. The highest BCUT2D eigenvalue weighted by atomic mass is 35.5. The predicted octanol–water partition coefficient (Wildman–Crippen LogP) is 3.09. The van der Waals surface area contributed by atoms with Gasteiger partial charge in [-0.2, -0.15) is 0 Å². The summed E-state index contributed by atoms with van der Waals surface area (Å²) >= 11 is 11.5. The van der Waals surface area contributed by atoms with Crippen molar-refractivity contribution in [2.24, 2.45) is 0 Å². The molecule has 0 aliphatic rings. The molecule has 0 saturated heterocycles. The fourth-order valence-corrected chi connectivity index (χ4v) is 1.20. The number of hydrogen-bond acceptors (Lipinski definition) is 2. The first-order valence-corrected chi connectivity index (χ1v) is 4.60. The summed E-state index contributed by atoms with van der Waals surface area (Å²) in [6, 6.07) is 6.85. The van der Waals surface area contributed by atoms with Gasteiger partial charge in [0.05, 0.1) is 12.1 Å². The van der Waals surface area contributed by atoms with E-state index >= 15 is 0 Å². The van der Waals surface area contributed by atoms with Crippen molar-refractivity contribution < 1.29 is 9.53 Å². The Morgan fingerprint density at radius 2 is 1.93 bits per heavy atom. The lowest BCUT2D eigenvalue weighted by atomic mass is 10.2. The van der Waals surface area contributed by atoms with E-state index in [0.717, 1.165) is 5.56 Å². The van der Waals surface area contributed by atoms with Crippen molar-refractivity contribution in [3.63, 3.8) is 0 Å². The van der Waals surface area contributed by atoms with Gasteiger partial charge < -0.3 is 4.74 Å². The van der Waals surface area contributed by atoms with Crippen LogP contribution in [-0.4, -0.2) is 13.1 Å². The van der Waals surface area contributed by atoms with Gasteiger partial charge in [-0.15, -0.1) is 0 Å². The molecule has 0 aliphatic carbocycles. The van der Waals surface area contributed by atoms with Crippen molar-refractivity contribution in [2.45, 2.75) is 0 Å². The number of ether oxygens (including phenoxy) is 1. The maximum atomic E-state index is 10.9. The minimum absolute atomic E-state index is 0.327. The van der Waals surface area contributed by atoms with Gasteiger partial charge >= 0.3 is 5.97 Å². The maximum absolute atomic E-state index is 10.9. The van der Waals surface area contributed by atoms with E-state index in [9.17, 15) is 4.79 Å². The Bertz CT molecular complexity index is 355. The Kier molecular flexibility index (Phi) is 3.98. The number of rotatable bonds is 2. The summed E-state index contributed by atoms with van der Waals surface area (Å²) in [6.07, 6.45) is 1.21. The Morgan fingerprint density at radius 1 is 1.36 bits per heavy atom. The van der Waals surface area contributed by atoms with E-state index in [1.54, 1.807) is 24.3 Å². The van der Waals surface area contributed by atoms with Crippen molar-refractivity contribution in [3.05, 3.63) is 40.9 Å². The number of esters is 1. The molecule has 0 aliphatic heterocycles. The molecule has 1 rings (SSSR count). The van der Waals surface area contributed by atoms with Crippen LogP contribution in [0.3, 0.4) is 0 Å². The third-order valence-electron chi connectivity index (χ3n) is 1.57. The van der Waals surface area contributed by atoms with Crippen LogP contribution in [0.15, 0.2) is 30.3 Å². The number of carbonyl (C=O) groups is 1. The van der Waals surface area contributed by atoms with Crippen molar-refractivity contribution in [2.75, 3.05) is 7.11 Å². The van der Waals surface area contributed by atoms with Gasteiger partial charge in [0.1, 0.15) is 0 Å². The Hall–Kier alpha value is -0.990. The zero-order valence-electron chi connectivity index (χ0n) is 7.46. The second-order valence-corrected chi connectivity index (χ2v) is 3.37. The number of methoxy groups -OCH3 is 1. The van der Waals surface area contributed by atoms with Crippen LogP contribution in [0.1, 0.15) is 5.56 Å². The van der Waals surface area contributed by atoms with Gasteiger partial charge in [-0.25, -0.2) is 4.79 Å². The second-order valence-electron chi connectivity index (χ2n) is 2.52. The summed E-state index contributed by atoms with van der Waals surface area (Å²) < 4.78 is 4.44. The van der Waals surface area contributed by atoms with Gasteiger partial charge in [0.2, 0.25) is 0 Å². The monoisotopic (exact) mass is 230 g/mol.